The molecule has 1 aliphatic rings. The number of hydrogen-bond donors (Lipinski definition) is 0. The van der Waals surface area contributed by atoms with Crippen molar-refractivity contribution in [2.75, 3.05) is 11.5 Å². The van der Waals surface area contributed by atoms with Crippen LogP contribution in [-0.2, 0) is 26.2 Å². The molecule has 1 saturated heterocycles. The number of carbonyl (C=O) groups is 2. The molecule has 1 aliphatic heterocycles. The highest BCUT2D eigenvalue weighted by Gasteiger charge is 2.47. The van der Waals surface area contributed by atoms with Crippen LogP contribution in [-0.4, -0.2) is 37.2 Å². The van der Waals surface area contributed by atoms with Crippen molar-refractivity contribution in [1.29, 1.82) is 0 Å². The van der Waals surface area contributed by atoms with Crippen LogP contribution >= 0.6 is 0 Å². The monoisotopic (exact) mass is 496 g/mol. The minimum absolute atomic E-state index is 0.00461. The van der Waals surface area contributed by atoms with Gasteiger partial charge in [-0.25, -0.2) is 17.7 Å². The maximum Gasteiger partial charge on any atom is 0.252 e. The Hall–Kier alpha value is -3.56. The maximum atomic E-state index is 13.7. The molecule has 35 heavy (non-hydrogen) atoms. The lowest BCUT2D eigenvalue weighted by Gasteiger charge is -2.27. The molecule has 7 nitrogen and oxygen atoms in total. The number of ether oxygens (including phenoxy) is 1. The number of aryl methyl sites for hydroxylation is 1. The second kappa shape index (κ2) is 9.97. The van der Waals surface area contributed by atoms with Gasteiger partial charge in [-0.1, -0.05) is 29.8 Å². The van der Waals surface area contributed by atoms with E-state index in [2.05, 4.69) is 0 Å². The van der Waals surface area contributed by atoms with Crippen LogP contribution in [0.15, 0.2) is 77.7 Å². The summed E-state index contributed by atoms with van der Waals surface area (Å²) in [5.74, 6) is -1.02. The number of carbonyl (C=O) groups excluding carboxylic acids is 2. The van der Waals surface area contributed by atoms with E-state index in [1.807, 2.05) is 13.8 Å². The zero-order chi connectivity index (χ0) is 25.2. The Labute approximate surface area is 203 Å². The van der Waals surface area contributed by atoms with Crippen molar-refractivity contribution in [3.63, 3.8) is 0 Å². The van der Waals surface area contributed by atoms with E-state index in [0.29, 0.717) is 23.6 Å². The zero-order valence-electron chi connectivity index (χ0n) is 19.3. The summed E-state index contributed by atoms with van der Waals surface area (Å²) >= 11 is 0. The van der Waals surface area contributed by atoms with E-state index in [-0.39, 0.29) is 17.9 Å². The van der Waals surface area contributed by atoms with Crippen LogP contribution in [0.4, 0.5) is 10.1 Å². The molecule has 4 rings (SSSR count). The first-order valence-electron chi connectivity index (χ1n) is 11.1. The molecule has 0 bridgehead atoms. The van der Waals surface area contributed by atoms with Gasteiger partial charge in [0, 0.05) is 6.54 Å². The van der Waals surface area contributed by atoms with E-state index in [4.69, 9.17) is 4.74 Å². The summed E-state index contributed by atoms with van der Waals surface area (Å²) < 4.78 is 47.2. The Bertz CT molecular complexity index is 1320. The van der Waals surface area contributed by atoms with E-state index in [1.165, 1.54) is 36.4 Å². The number of sulfonamides is 1. The van der Waals surface area contributed by atoms with Crippen molar-refractivity contribution in [3.05, 3.63) is 89.7 Å². The van der Waals surface area contributed by atoms with E-state index >= 15 is 0 Å². The Morgan fingerprint density at radius 2 is 1.60 bits per heavy atom. The maximum absolute atomic E-state index is 13.7. The van der Waals surface area contributed by atoms with Gasteiger partial charge in [0.05, 0.1) is 23.6 Å². The zero-order valence-corrected chi connectivity index (χ0v) is 20.2. The number of nitrogens with zero attached hydrogens (tertiary/aromatic N) is 2. The van der Waals surface area contributed by atoms with Gasteiger partial charge in [-0.2, -0.15) is 4.31 Å². The van der Waals surface area contributed by atoms with Crippen LogP contribution < -0.4 is 9.64 Å². The smallest absolute Gasteiger partial charge is 0.252 e. The van der Waals surface area contributed by atoms with E-state index in [9.17, 15) is 22.4 Å². The van der Waals surface area contributed by atoms with E-state index in [0.717, 1.165) is 14.8 Å². The number of amides is 2. The predicted octanol–water partition coefficient (Wildman–Crippen LogP) is 4.06. The molecule has 0 spiro atoms. The summed E-state index contributed by atoms with van der Waals surface area (Å²) in [6, 6.07) is 16.8. The van der Waals surface area contributed by atoms with Gasteiger partial charge >= 0.3 is 0 Å². The van der Waals surface area contributed by atoms with Gasteiger partial charge in [0.15, 0.2) is 0 Å². The van der Waals surface area contributed by atoms with Crippen molar-refractivity contribution in [2.45, 2.75) is 37.8 Å². The quantitative estimate of drug-likeness (QED) is 0.439. The van der Waals surface area contributed by atoms with Gasteiger partial charge in [-0.05, 0) is 67.9 Å². The van der Waals surface area contributed by atoms with Crippen LogP contribution in [0.5, 0.6) is 5.75 Å². The molecule has 1 heterocycles. The average molecular weight is 497 g/mol. The molecule has 182 valence electrons. The lowest BCUT2D eigenvalue weighted by molar-refractivity contribution is -0.122. The number of imide groups is 1. The summed E-state index contributed by atoms with van der Waals surface area (Å²) in [4.78, 5) is 27.4. The van der Waals surface area contributed by atoms with Crippen LogP contribution in [0.1, 0.15) is 24.5 Å². The number of rotatable bonds is 8. The molecule has 1 atom stereocenters. The minimum atomic E-state index is -4.17. The Kier molecular flexibility index (Phi) is 7.00. The highest BCUT2D eigenvalue weighted by atomic mass is 32.2. The second-order valence-electron chi connectivity index (χ2n) is 8.20. The summed E-state index contributed by atoms with van der Waals surface area (Å²) in [7, 11) is -4.17. The first kappa shape index (κ1) is 24.6. The van der Waals surface area contributed by atoms with Gasteiger partial charge in [-0.3, -0.25) is 9.59 Å². The molecule has 0 saturated carbocycles. The first-order chi connectivity index (χ1) is 16.7. The van der Waals surface area contributed by atoms with Gasteiger partial charge in [0.2, 0.25) is 15.9 Å². The summed E-state index contributed by atoms with van der Waals surface area (Å²) in [5, 5.41) is 0. The van der Waals surface area contributed by atoms with Crippen molar-refractivity contribution in [2.24, 2.45) is 0 Å². The molecule has 1 fully saturated rings. The molecular formula is C26H25FN2O5S. The molecule has 2 amide bonds. The third-order valence-corrected chi connectivity index (χ3v) is 7.62. The van der Waals surface area contributed by atoms with Crippen molar-refractivity contribution in [3.8, 4) is 5.75 Å². The Morgan fingerprint density at radius 3 is 2.20 bits per heavy atom. The molecule has 0 radical (unpaired) electrons. The second-order valence-corrected chi connectivity index (χ2v) is 10.1. The highest BCUT2D eigenvalue weighted by molar-refractivity contribution is 7.89. The molecule has 0 N–H and O–H groups in total. The number of benzene rings is 3. The lowest BCUT2D eigenvalue weighted by Crippen LogP contribution is -2.45. The largest absolute Gasteiger partial charge is 0.494 e. The number of halogens is 1. The Morgan fingerprint density at radius 1 is 0.971 bits per heavy atom. The third-order valence-electron chi connectivity index (χ3n) is 5.76. The van der Waals surface area contributed by atoms with Gasteiger partial charge in [0.25, 0.3) is 5.91 Å². The predicted molar refractivity (Wildman–Crippen MR) is 129 cm³/mol. The standard InChI is InChI=1S/C26H25FN2O5S/c1-3-34-22-12-10-21(11-13-22)29-25(30)16-24(26(29)31)28(17-19-6-8-20(27)9-7-19)35(32,33)23-14-4-18(2)5-15-23/h4-15,24H,3,16-17H2,1-2H3. The fourth-order valence-corrected chi connectivity index (χ4v) is 5.52. The minimum Gasteiger partial charge on any atom is -0.494 e. The summed E-state index contributed by atoms with van der Waals surface area (Å²) in [6.45, 7) is 3.95. The topological polar surface area (TPSA) is 84.0 Å². The van der Waals surface area contributed by atoms with Crippen LogP contribution in [0, 0.1) is 12.7 Å². The van der Waals surface area contributed by atoms with Crippen molar-refractivity contribution in [1.82, 2.24) is 4.31 Å². The normalized spacial score (nSPS) is 16.2. The van der Waals surface area contributed by atoms with Crippen molar-refractivity contribution < 1.29 is 27.1 Å². The van der Waals surface area contributed by atoms with Gasteiger partial charge < -0.3 is 4.74 Å². The summed E-state index contributed by atoms with van der Waals surface area (Å²) in [5.41, 5.74) is 1.70. The average Bonchev–Trinajstić information content (AvgIpc) is 3.13. The summed E-state index contributed by atoms with van der Waals surface area (Å²) in [6.07, 6.45) is -0.307. The molecule has 1 unspecified atom stereocenters. The highest BCUT2D eigenvalue weighted by Crippen LogP contribution is 2.31. The SMILES string of the molecule is CCOc1ccc(N2C(=O)CC(N(Cc3ccc(F)cc3)S(=O)(=O)c3ccc(C)cc3)C2=O)cc1. The molecular weight excluding hydrogens is 471 g/mol. The molecule has 3 aromatic rings. The van der Waals surface area contributed by atoms with Crippen LogP contribution in [0.2, 0.25) is 0 Å². The van der Waals surface area contributed by atoms with E-state index < -0.39 is 33.7 Å². The fourth-order valence-electron chi connectivity index (χ4n) is 3.95. The van der Waals surface area contributed by atoms with Crippen LogP contribution in [0.25, 0.3) is 0 Å². The Balaban J connectivity index is 1.71. The fraction of sp³-hybridized carbons (Fsp3) is 0.231. The number of anilines is 1. The number of hydrogen-bond acceptors (Lipinski definition) is 5. The van der Waals surface area contributed by atoms with Crippen LogP contribution in [0.3, 0.4) is 0 Å². The van der Waals surface area contributed by atoms with E-state index in [1.54, 1.807) is 36.4 Å². The third kappa shape index (κ3) is 5.11. The van der Waals surface area contributed by atoms with Crippen molar-refractivity contribution >= 4 is 27.5 Å². The molecule has 3 aromatic carbocycles. The molecule has 9 heteroatoms. The van der Waals surface area contributed by atoms with Gasteiger partial charge in [0.1, 0.15) is 17.6 Å². The lowest BCUT2D eigenvalue weighted by atomic mass is 10.2. The molecule has 0 aliphatic carbocycles. The first-order valence-corrected chi connectivity index (χ1v) is 12.6. The molecule has 0 aromatic heterocycles. The van der Waals surface area contributed by atoms with Gasteiger partial charge in [-0.15, -0.1) is 0 Å².